The topological polar surface area (TPSA) is 23.8 Å². The lowest BCUT2D eigenvalue weighted by atomic mass is 10.0. The van der Waals surface area contributed by atoms with Crippen LogP contribution in [0, 0.1) is 34.6 Å². The van der Waals surface area contributed by atoms with Crippen LogP contribution in [0.3, 0.4) is 0 Å². The Labute approximate surface area is 121 Å². The van der Waals surface area contributed by atoms with Gasteiger partial charge in [0.1, 0.15) is 11.6 Å². The van der Waals surface area contributed by atoms with Crippen LogP contribution in [0.25, 0.3) is 11.1 Å². The van der Waals surface area contributed by atoms with Gasteiger partial charge >= 0.3 is 0 Å². The molecule has 0 bridgehead atoms. The fraction of sp³-hybridized carbons (Fsp3) is 0. The van der Waals surface area contributed by atoms with Gasteiger partial charge in [-0.1, -0.05) is 35.3 Å². The molecule has 0 atom stereocenters. The first-order valence-electron chi connectivity index (χ1n) is 5.10. The number of nitriles is 1. The lowest BCUT2D eigenvalue weighted by Gasteiger charge is -2.11. The van der Waals surface area contributed by atoms with Crippen molar-refractivity contribution in [2.24, 2.45) is 0 Å². The second-order valence-electron chi connectivity index (χ2n) is 3.72. The van der Waals surface area contributed by atoms with Gasteiger partial charge in [-0.3, -0.25) is 0 Å². The highest BCUT2D eigenvalue weighted by Gasteiger charge is 2.27. The Morgan fingerprint density at radius 2 is 1.45 bits per heavy atom. The second kappa shape index (κ2) is 5.31. The minimum atomic E-state index is -1.78. The van der Waals surface area contributed by atoms with Gasteiger partial charge in [0, 0.05) is 5.56 Å². The van der Waals surface area contributed by atoms with Crippen LogP contribution in [-0.2, 0) is 0 Å². The number of hydrogen-bond donors (Lipinski definition) is 0. The first kappa shape index (κ1) is 14.6. The molecule has 2 aromatic rings. The van der Waals surface area contributed by atoms with E-state index in [9.17, 15) is 17.6 Å². The summed E-state index contributed by atoms with van der Waals surface area (Å²) < 4.78 is 54.8. The summed E-state index contributed by atoms with van der Waals surface area (Å²) >= 11 is 11.5. The predicted molar refractivity (Wildman–Crippen MR) is 66.4 cm³/mol. The van der Waals surface area contributed by atoms with Gasteiger partial charge in [0.05, 0.1) is 15.6 Å². The van der Waals surface area contributed by atoms with Crippen molar-refractivity contribution in [2.75, 3.05) is 0 Å². The maximum absolute atomic E-state index is 13.9. The molecule has 0 spiro atoms. The standard InChI is InChI=1S/C13H3Cl2F4N/c14-7-3-1-2-5(9(7)15)8-12(18)10(16)6(4-20)11(17)13(8)19/h1-3H. The van der Waals surface area contributed by atoms with E-state index in [0.717, 1.165) is 12.1 Å². The third kappa shape index (κ3) is 2.11. The summed E-state index contributed by atoms with van der Waals surface area (Å²) in [7, 11) is 0. The van der Waals surface area contributed by atoms with Gasteiger partial charge in [-0.05, 0) is 6.07 Å². The molecule has 0 saturated carbocycles. The molecule has 1 nitrogen and oxygen atoms in total. The van der Waals surface area contributed by atoms with Crippen molar-refractivity contribution in [1.82, 2.24) is 0 Å². The minimum Gasteiger partial charge on any atom is -0.203 e. The fourth-order valence-corrected chi connectivity index (χ4v) is 2.06. The fourth-order valence-electron chi connectivity index (χ4n) is 1.66. The molecule has 0 aromatic heterocycles. The van der Waals surface area contributed by atoms with E-state index >= 15 is 0 Å². The van der Waals surface area contributed by atoms with Gasteiger partial charge in [-0.2, -0.15) is 5.26 Å². The lowest BCUT2D eigenvalue weighted by Crippen LogP contribution is -2.04. The van der Waals surface area contributed by atoms with E-state index in [2.05, 4.69) is 0 Å². The first-order chi connectivity index (χ1) is 9.40. The van der Waals surface area contributed by atoms with Gasteiger partial charge in [0.2, 0.25) is 0 Å². The van der Waals surface area contributed by atoms with Crippen LogP contribution >= 0.6 is 23.2 Å². The maximum atomic E-state index is 13.9. The number of hydrogen-bond acceptors (Lipinski definition) is 1. The van der Waals surface area contributed by atoms with Crippen LogP contribution in [0.2, 0.25) is 10.0 Å². The summed E-state index contributed by atoms with van der Waals surface area (Å²) in [4.78, 5) is 0. The number of nitrogens with zero attached hydrogens (tertiary/aromatic N) is 1. The molecular weight excluding hydrogens is 317 g/mol. The van der Waals surface area contributed by atoms with Crippen LogP contribution in [-0.4, -0.2) is 0 Å². The van der Waals surface area contributed by atoms with Crippen molar-refractivity contribution in [1.29, 1.82) is 5.26 Å². The molecule has 0 saturated heterocycles. The van der Waals surface area contributed by atoms with E-state index in [-0.39, 0.29) is 15.6 Å². The van der Waals surface area contributed by atoms with Gasteiger partial charge in [-0.15, -0.1) is 0 Å². The zero-order valence-electron chi connectivity index (χ0n) is 9.45. The van der Waals surface area contributed by atoms with Crippen LogP contribution in [0.15, 0.2) is 18.2 Å². The lowest BCUT2D eigenvalue weighted by molar-refractivity contribution is 0.454. The van der Waals surface area contributed by atoms with Crippen molar-refractivity contribution in [2.45, 2.75) is 0 Å². The highest BCUT2D eigenvalue weighted by Crippen LogP contribution is 2.38. The minimum absolute atomic E-state index is 0.0341. The molecule has 20 heavy (non-hydrogen) atoms. The summed E-state index contributed by atoms with van der Waals surface area (Å²) in [5.41, 5.74) is -2.65. The molecule has 2 rings (SSSR count). The molecule has 102 valence electrons. The quantitative estimate of drug-likeness (QED) is 0.530. The molecule has 7 heteroatoms. The Morgan fingerprint density at radius 1 is 0.900 bits per heavy atom. The van der Waals surface area contributed by atoms with Crippen molar-refractivity contribution < 1.29 is 17.6 Å². The van der Waals surface area contributed by atoms with Gasteiger partial charge in [-0.25, -0.2) is 17.6 Å². The van der Waals surface area contributed by atoms with E-state index < -0.39 is 34.4 Å². The Kier molecular flexibility index (Phi) is 3.89. The van der Waals surface area contributed by atoms with Gasteiger partial charge < -0.3 is 0 Å². The molecule has 0 aliphatic carbocycles. The molecule has 0 fully saturated rings. The van der Waals surface area contributed by atoms with Gasteiger partial charge in [0.25, 0.3) is 0 Å². The Bertz CT molecular complexity index is 724. The normalized spacial score (nSPS) is 10.4. The Balaban J connectivity index is 2.90. The Hall–Kier alpha value is -1.77. The van der Waals surface area contributed by atoms with E-state index in [0.29, 0.717) is 0 Å². The summed E-state index contributed by atoms with van der Waals surface area (Å²) in [6, 6.07) is 4.88. The smallest absolute Gasteiger partial charge is 0.180 e. The molecule has 0 aliphatic heterocycles. The third-order valence-electron chi connectivity index (χ3n) is 2.60. The monoisotopic (exact) mass is 319 g/mol. The molecule has 2 aromatic carbocycles. The van der Waals surface area contributed by atoms with E-state index in [1.807, 2.05) is 0 Å². The summed E-state index contributed by atoms with van der Waals surface area (Å²) in [5.74, 6) is -6.97. The predicted octanol–water partition coefficient (Wildman–Crippen LogP) is 5.09. The number of rotatable bonds is 1. The number of halogens is 6. The van der Waals surface area contributed by atoms with E-state index in [1.54, 1.807) is 0 Å². The van der Waals surface area contributed by atoms with E-state index in [4.69, 9.17) is 28.5 Å². The molecule has 0 unspecified atom stereocenters. The van der Waals surface area contributed by atoms with Crippen LogP contribution in [0.1, 0.15) is 5.56 Å². The number of benzene rings is 2. The zero-order valence-corrected chi connectivity index (χ0v) is 11.0. The third-order valence-corrected chi connectivity index (χ3v) is 3.42. The largest absolute Gasteiger partial charge is 0.203 e. The van der Waals surface area contributed by atoms with Crippen molar-refractivity contribution >= 4 is 23.2 Å². The average molecular weight is 320 g/mol. The van der Waals surface area contributed by atoms with Crippen molar-refractivity contribution in [3.63, 3.8) is 0 Å². The van der Waals surface area contributed by atoms with Crippen molar-refractivity contribution in [3.8, 4) is 17.2 Å². The van der Waals surface area contributed by atoms with Crippen LogP contribution in [0.4, 0.5) is 17.6 Å². The molecule has 0 radical (unpaired) electrons. The van der Waals surface area contributed by atoms with Gasteiger partial charge in [0.15, 0.2) is 23.3 Å². The summed E-state index contributed by atoms with van der Waals surface area (Å²) in [5, 5.41) is 8.21. The van der Waals surface area contributed by atoms with Crippen LogP contribution < -0.4 is 0 Å². The zero-order chi connectivity index (χ0) is 15.0. The first-order valence-corrected chi connectivity index (χ1v) is 5.86. The molecule has 0 N–H and O–H groups in total. The summed E-state index contributed by atoms with van der Waals surface area (Å²) in [6.45, 7) is 0. The highest BCUT2D eigenvalue weighted by atomic mass is 35.5. The summed E-state index contributed by atoms with van der Waals surface area (Å²) in [6.07, 6.45) is 0. The highest BCUT2D eigenvalue weighted by molar-refractivity contribution is 6.43. The Morgan fingerprint density at radius 3 is 1.95 bits per heavy atom. The van der Waals surface area contributed by atoms with Crippen molar-refractivity contribution in [3.05, 3.63) is 57.1 Å². The van der Waals surface area contributed by atoms with Crippen LogP contribution in [0.5, 0.6) is 0 Å². The van der Waals surface area contributed by atoms with E-state index in [1.165, 1.54) is 12.1 Å². The second-order valence-corrected chi connectivity index (χ2v) is 4.50. The molecule has 0 aliphatic rings. The SMILES string of the molecule is N#Cc1c(F)c(F)c(-c2cccc(Cl)c2Cl)c(F)c1F. The molecule has 0 amide bonds. The molecular formula is C13H3Cl2F4N. The average Bonchev–Trinajstić information content (AvgIpc) is 2.42. The molecule has 0 heterocycles. The maximum Gasteiger partial charge on any atom is 0.180 e.